The third-order valence-corrected chi connectivity index (χ3v) is 3.45. The molecule has 2 heterocycles. The van der Waals surface area contributed by atoms with E-state index in [1.54, 1.807) is 0 Å². The summed E-state index contributed by atoms with van der Waals surface area (Å²) in [4.78, 5) is 4.68. The van der Waals surface area contributed by atoms with Crippen molar-refractivity contribution in [3.63, 3.8) is 0 Å². The van der Waals surface area contributed by atoms with Crippen LogP contribution in [-0.4, -0.2) is 0 Å². The molecule has 2 aliphatic heterocycles. The third kappa shape index (κ3) is 1.39. The van der Waals surface area contributed by atoms with Crippen molar-refractivity contribution in [3.05, 3.63) is 76.1 Å². The zero-order chi connectivity index (χ0) is 11.9. The van der Waals surface area contributed by atoms with Crippen molar-refractivity contribution in [2.75, 3.05) is 5.32 Å². The largest absolute Gasteiger partial charge is 0.357 e. The van der Waals surface area contributed by atoms with Gasteiger partial charge in [-0.3, -0.25) is 0 Å². The zero-order valence-corrected chi connectivity index (χ0v) is 9.85. The van der Waals surface area contributed by atoms with E-state index < -0.39 is 0 Å². The van der Waals surface area contributed by atoms with Crippen molar-refractivity contribution < 1.29 is 0 Å². The fourth-order valence-electron chi connectivity index (χ4n) is 2.52. The van der Waals surface area contributed by atoms with Gasteiger partial charge in [-0.1, -0.05) is 36.4 Å². The average Bonchev–Trinajstić information content (AvgIpc) is 3.02. The summed E-state index contributed by atoms with van der Waals surface area (Å²) in [5.74, 6) is 0. The summed E-state index contributed by atoms with van der Waals surface area (Å²) in [6.45, 7) is 0. The van der Waals surface area contributed by atoms with E-state index >= 15 is 0 Å². The highest BCUT2D eigenvalue weighted by Gasteiger charge is 2.17. The van der Waals surface area contributed by atoms with Gasteiger partial charge in [0.05, 0.1) is 11.1 Å². The first kappa shape index (κ1) is 9.66. The number of allylic oxidation sites excluding steroid dienone is 2. The Morgan fingerprint density at radius 3 is 2.67 bits per heavy atom. The van der Waals surface area contributed by atoms with Crippen molar-refractivity contribution in [2.45, 2.75) is 6.42 Å². The Morgan fingerprint density at radius 2 is 1.78 bits per heavy atom. The van der Waals surface area contributed by atoms with E-state index in [9.17, 15) is 0 Å². The van der Waals surface area contributed by atoms with Crippen LogP contribution >= 0.6 is 0 Å². The summed E-state index contributed by atoms with van der Waals surface area (Å²) in [7, 11) is 0. The van der Waals surface area contributed by atoms with E-state index in [1.165, 1.54) is 22.2 Å². The van der Waals surface area contributed by atoms with E-state index in [0.29, 0.717) is 0 Å². The molecule has 0 radical (unpaired) electrons. The number of fused-ring (bicyclic) bond motifs is 2. The Morgan fingerprint density at radius 1 is 0.944 bits per heavy atom. The molecule has 2 heteroatoms. The van der Waals surface area contributed by atoms with Crippen LogP contribution in [0, 0.1) is 0 Å². The molecule has 2 nitrogen and oxygen atoms in total. The van der Waals surface area contributed by atoms with Crippen LogP contribution < -0.4 is 15.9 Å². The summed E-state index contributed by atoms with van der Waals surface area (Å²) in [5.41, 5.74) is 4.82. The molecular formula is C16H12N2. The number of para-hydroxylation sites is 2. The lowest BCUT2D eigenvalue weighted by Gasteiger charge is -2.00. The molecule has 2 aromatic rings. The topological polar surface area (TPSA) is 24.4 Å². The van der Waals surface area contributed by atoms with Crippen molar-refractivity contribution in [1.82, 2.24) is 0 Å². The van der Waals surface area contributed by atoms with Crippen LogP contribution in [0.4, 0.5) is 5.69 Å². The number of nitrogens with one attached hydrogen (secondary N) is 1. The van der Waals surface area contributed by atoms with Crippen molar-refractivity contribution in [1.29, 1.82) is 0 Å². The Kier molecular flexibility index (Phi) is 1.92. The van der Waals surface area contributed by atoms with Gasteiger partial charge in [0, 0.05) is 23.0 Å². The molecule has 0 unspecified atom stereocenters. The molecule has 0 fully saturated rings. The third-order valence-electron chi connectivity index (χ3n) is 3.45. The Bertz CT molecular complexity index is 721. The monoisotopic (exact) mass is 232 g/mol. The van der Waals surface area contributed by atoms with E-state index in [-0.39, 0.29) is 0 Å². The first-order valence-corrected chi connectivity index (χ1v) is 6.14. The van der Waals surface area contributed by atoms with E-state index in [4.69, 9.17) is 0 Å². The van der Waals surface area contributed by atoms with Gasteiger partial charge in [-0.15, -0.1) is 0 Å². The molecule has 0 amide bonds. The molecule has 4 rings (SSSR count). The SMILES string of the molecule is C1=c2ccccc2=NC1=C1Cc2ccccc2N1. The first-order chi connectivity index (χ1) is 8.90. The minimum Gasteiger partial charge on any atom is -0.357 e. The predicted octanol–water partition coefficient (Wildman–Crippen LogP) is 1.98. The molecule has 0 atom stereocenters. The number of hydrogen-bond acceptors (Lipinski definition) is 2. The molecule has 2 aromatic carbocycles. The summed E-state index contributed by atoms with van der Waals surface area (Å²) >= 11 is 0. The van der Waals surface area contributed by atoms with Crippen LogP contribution in [0.2, 0.25) is 0 Å². The fraction of sp³-hybridized carbons (Fsp3) is 0.0625. The highest BCUT2D eigenvalue weighted by molar-refractivity contribution is 5.66. The average molecular weight is 232 g/mol. The molecule has 86 valence electrons. The van der Waals surface area contributed by atoms with Gasteiger partial charge >= 0.3 is 0 Å². The van der Waals surface area contributed by atoms with Crippen LogP contribution in [-0.2, 0) is 6.42 Å². The number of benzene rings is 2. The van der Waals surface area contributed by atoms with Gasteiger partial charge in [0.25, 0.3) is 0 Å². The second-order valence-corrected chi connectivity index (χ2v) is 4.64. The van der Waals surface area contributed by atoms with Gasteiger partial charge < -0.3 is 5.32 Å². The zero-order valence-electron chi connectivity index (χ0n) is 9.85. The molecular weight excluding hydrogens is 220 g/mol. The minimum absolute atomic E-state index is 0.944. The van der Waals surface area contributed by atoms with Crippen LogP contribution in [0.25, 0.3) is 6.08 Å². The number of anilines is 1. The Labute approximate surface area is 105 Å². The van der Waals surface area contributed by atoms with Gasteiger partial charge in [0.1, 0.15) is 0 Å². The smallest absolute Gasteiger partial charge is 0.0839 e. The number of nitrogens with zero attached hydrogens (tertiary/aromatic N) is 1. The van der Waals surface area contributed by atoms with Crippen molar-refractivity contribution >= 4 is 11.8 Å². The second kappa shape index (κ2) is 3.57. The summed E-state index contributed by atoms with van der Waals surface area (Å²) < 4.78 is 0. The highest BCUT2D eigenvalue weighted by atomic mass is 15.0. The predicted molar refractivity (Wildman–Crippen MR) is 72.5 cm³/mol. The van der Waals surface area contributed by atoms with Gasteiger partial charge in [-0.25, -0.2) is 4.99 Å². The summed E-state index contributed by atoms with van der Waals surface area (Å²) in [5, 5.41) is 5.74. The Hall–Kier alpha value is -2.35. The minimum atomic E-state index is 0.944. The maximum Gasteiger partial charge on any atom is 0.0839 e. The van der Waals surface area contributed by atoms with Gasteiger partial charge in [-0.2, -0.15) is 0 Å². The van der Waals surface area contributed by atoms with Crippen molar-refractivity contribution in [2.24, 2.45) is 4.99 Å². The van der Waals surface area contributed by atoms with Gasteiger partial charge in [0.15, 0.2) is 0 Å². The van der Waals surface area contributed by atoms with Crippen LogP contribution in [0.15, 0.2) is 64.9 Å². The molecule has 2 aliphatic rings. The fourth-order valence-corrected chi connectivity index (χ4v) is 2.52. The number of hydrogen-bond donors (Lipinski definition) is 1. The van der Waals surface area contributed by atoms with Gasteiger partial charge in [-0.05, 0) is 23.8 Å². The Balaban J connectivity index is 1.84. The number of rotatable bonds is 0. The molecule has 0 bridgehead atoms. The van der Waals surface area contributed by atoms with E-state index in [2.05, 4.69) is 58.8 Å². The first-order valence-electron chi connectivity index (χ1n) is 6.14. The normalized spacial score (nSPS) is 19.6. The summed E-state index contributed by atoms with van der Waals surface area (Å²) in [6.07, 6.45) is 3.10. The molecule has 0 saturated heterocycles. The highest BCUT2D eigenvalue weighted by Crippen LogP contribution is 2.29. The van der Waals surface area contributed by atoms with Crippen molar-refractivity contribution in [3.8, 4) is 0 Å². The second-order valence-electron chi connectivity index (χ2n) is 4.64. The van der Waals surface area contributed by atoms with Crippen LogP contribution in [0.5, 0.6) is 0 Å². The molecule has 18 heavy (non-hydrogen) atoms. The van der Waals surface area contributed by atoms with Gasteiger partial charge in [0.2, 0.25) is 0 Å². The lowest BCUT2D eigenvalue weighted by atomic mass is 10.1. The molecule has 1 N–H and O–H groups in total. The summed E-state index contributed by atoms with van der Waals surface area (Å²) in [6, 6.07) is 16.7. The molecule has 0 saturated carbocycles. The van der Waals surface area contributed by atoms with Crippen LogP contribution in [0.3, 0.4) is 0 Å². The molecule has 0 spiro atoms. The van der Waals surface area contributed by atoms with E-state index in [0.717, 1.165) is 17.5 Å². The molecule has 0 aromatic heterocycles. The lowest BCUT2D eigenvalue weighted by Crippen LogP contribution is -2.19. The lowest BCUT2D eigenvalue weighted by molar-refractivity contribution is 1.18. The molecule has 0 aliphatic carbocycles. The van der Waals surface area contributed by atoms with Crippen LogP contribution in [0.1, 0.15) is 5.56 Å². The maximum absolute atomic E-state index is 4.68. The standard InChI is InChI=1S/C16H12N2/c1-3-7-13-11(5-1)9-15(17-13)16-10-12-6-2-4-8-14(12)18-16/h1-9,18H,10H2. The quantitative estimate of drug-likeness (QED) is 0.738. The van der Waals surface area contributed by atoms with E-state index in [1.807, 2.05) is 6.07 Å². The maximum atomic E-state index is 4.68.